The first-order valence-corrected chi connectivity index (χ1v) is 9.09. The standard InChI is InChI=1S/C21H23N5O4/c22-11-18(21(29)26-30)25-20(28)17-9-7-15(8-10-17)2-1-14-3-5-16(6-4-14)13-24-19(27)12-23/h3-10,18,30H,11-13,22-23H2,(H,24,27)(H,25,28)(H,26,29). The van der Waals surface area contributed by atoms with Gasteiger partial charge in [-0.05, 0) is 42.0 Å². The molecule has 8 N–H and O–H groups in total. The van der Waals surface area contributed by atoms with E-state index < -0.39 is 17.9 Å². The van der Waals surface area contributed by atoms with Gasteiger partial charge in [0.2, 0.25) is 5.91 Å². The van der Waals surface area contributed by atoms with E-state index in [9.17, 15) is 14.4 Å². The smallest absolute Gasteiger partial charge is 0.267 e. The number of benzene rings is 2. The molecule has 156 valence electrons. The number of hydrogen-bond acceptors (Lipinski definition) is 6. The highest BCUT2D eigenvalue weighted by atomic mass is 16.5. The first-order valence-electron chi connectivity index (χ1n) is 9.09. The molecule has 0 bridgehead atoms. The molecule has 0 radical (unpaired) electrons. The van der Waals surface area contributed by atoms with Gasteiger partial charge < -0.3 is 22.1 Å². The molecule has 9 nitrogen and oxygen atoms in total. The molecule has 0 saturated heterocycles. The van der Waals surface area contributed by atoms with Gasteiger partial charge in [-0.2, -0.15) is 0 Å². The van der Waals surface area contributed by atoms with Gasteiger partial charge in [0, 0.05) is 29.8 Å². The van der Waals surface area contributed by atoms with Gasteiger partial charge in [0.25, 0.3) is 11.8 Å². The number of nitrogens with two attached hydrogens (primary N) is 2. The van der Waals surface area contributed by atoms with Gasteiger partial charge in [-0.3, -0.25) is 19.6 Å². The van der Waals surface area contributed by atoms with E-state index in [0.717, 1.165) is 11.1 Å². The monoisotopic (exact) mass is 409 g/mol. The van der Waals surface area contributed by atoms with Gasteiger partial charge in [0.1, 0.15) is 6.04 Å². The fraction of sp³-hybridized carbons (Fsp3) is 0.190. The first kappa shape index (κ1) is 22.6. The summed E-state index contributed by atoms with van der Waals surface area (Å²) < 4.78 is 0. The average molecular weight is 409 g/mol. The number of carbonyl (C=O) groups excluding carboxylic acids is 3. The third kappa shape index (κ3) is 6.72. The van der Waals surface area contributed by atoms with Crippen LogP contribution < -0.4 is 27.6 Å². The summed E-state index contributed by atoms with van der Waals surface area (Å²) >= 11 is 0. The van der Waals surface area contributed by atoms with E-state index in [4.69, 9.17) is 16.7 Å². The summed E-state index contributed by atoms with van der Waals surface area (Å²) in [5.41, 5.74) is 14.9. The molecule has 30 heavy (non-hydrogen) atoms. The van der Waals surface area contributed by atoms with Crippen molar-refractivity contribution in [3.63, 3.8) is 0 Å². The van der Waals surface area contributed by atoms with E-state index >= 15 is 0 Å². The van der Waals surface area contributed by atoms with Crippen LogP contribution in [0.3, 0.4) is 0 Å². The number of carbonyl (C=O) groups is 3. The second kappa shape index (κ2) is 11.3. The van der Waals surface area contributed by atoms with Crippen molar-refractivity contribution in [1.29, 1.82) is 0 Å². The van der Waals surface area contributed by atoms with Crippen LogP contribution in [0.5, 0.6) is 0 Å². The molecule has 0 heterocycles. The fourth-order valence-electron chi connectivity index (χ4n) is 2.38. The van der Waals surface area contributed by atoms with Crippen LogP contribution in [0.15, 0.2) is 48.5 Å². The van der Waals surface area contributed by atoms with Crippen LogP contribution in [0, 0.1) is 11.8 Å². The Labute approximate surface area is 173 Å². The summed E-state index contributed by atoms with van der Waals surface area (Å²) in [5.74, 6) is 4.52. The zero-order valence-electron chi connectivity index (χ0n) is 16.1. The van der Waals surface area contributed by atoms with Crippen LogP contribution in [-0.2, 0) is 16.1 Å². The molecule has 0 fully saturated rings. The molecule has 3 amide bonds. The minimum Gasteiger partial charge on any atom is -0.351 e. The summed E-state index contributed by atoms with van der Waals surface area (Å²) in [6.45, 7) is 0.202. The van der Waals surface area contributed by atoms with Crippen molar-refractivity contribution in [3.05, 3.63) is 70.8 Å². The van der Waals surface area contributed by atoms with Crippen molar-refractivity contribution in [3.8, 4) is 11.8 Å². The molecular formula is C21H23N5O4. The maximum absolute atomic E-state index is 12.2. The number of hydroxylamine groups is 1. The topological polar surface area (TPSA) is 160 Å². The van der Waals surface area contributed by atoms with E-state index in [1.54, 1.807) is 24.3 Å². The van der Waals surface area contributed by atoms with Crippen LogP contribution in [0.1, 0.15) is 27.0 Å². The molecule has 2 aromatic carbocycles. The highest BCUT2D eigenvalue weighted by Crippen LogP contribution is 2.06. The lowest BCUT2D eigenvalue weighted by Crippen LogP contribution is -2.50. The molecule has 9 heteroatoms. The van der Waals surface area contributed by atoms with Gasteiger partial charge in [-0.1, -0.05) is 24.0 Å². The Morgan fingerprint density at radius 2 is 1.50 bits per heavy atom. The summed E-state index contributed by atoms with van der Waals surface area (Å²) in [4.78, 5) is 34.7. The Bertz CT molecular complexity index is 946. The average Bonchev–Trinajstić information content (AvgIpc) is 2.79. The van der Waals surface area contributed by atoms with Gasteiger partial charge in [-0.15, -0.1) is 0 Å². The van der Waals surface area contributed by atoms with Crippen molar-refractivity contribution >= 4 is 17.7 Å². The Morgan fingerprint density at radius 1 is 0.933 bits per heavy atom. The largest absolute Gasteiger partial charge is 0.351 e. The fourth-order valence-corrected chi connectivity index (χ4v) is 2.38. The maximum atomic E-state index is 12.2. The van der Waals surface area contributed by atoms with Crippen LogP contribution in [-0.4, -0.2) is 42.1 Å². The summed E-state index contributed by atoms with van der Waals surface area (Å²) in [6.07, 6.45) is 0. The Kier molecular flexibility index (Phi) is 8.53. The van der Waals surface area contributed by atoms with E-state index in [1.807, 2.05) is 24.3 Å². The highest BCUT2D eigenvalue weighted by Gasteiger charge is 2.19. The lowest BCUT2D eigenvalue weighted by molar-refractivity contribution is -0.130. The van der Waals surface area contributed by atoms with E-state index in [2.05, 4.69) is 22.5 Å². The second-order valence-corrected chi connectivity index (χ2v) is 6.24. The zero-order chi connectivity index (χ0) is 21.9. The quantitative estimate of drug-likeness (QED) is 0.200. The molecule has 2 rings (SSSR count). The van der Waals surface area contributed by atoms with E-state index in [-0.39, 0.29) is 19.0 Å². The van der Waals surface area contributed by atoms with Crippen LogP contribution >= 0.6 is 0 Å². The number of rotatable bonds is 7. The first-order chi connectivity index (χ1) is 14.5. The SMILES string of the molecule is NCC(=O)NCc1ccc(C#Cc2ccc(C(=O)NC(CN)C(=O)NO)cc2)cc1. The van der Waals surface area contributed by atoms with Crippen LogP contribution in [0.2, 0.25) is 0 Å². The van der Waals surface area contributed by atoms with Crippen molar-refractivity contribution in [2.24, 2.45) is 11.5 Å². The lowest BCUT2D eigenvalue weighted by Gasteiger charge is -2.14. The predicted octanol–water partition coefficient (Wildman–Crippen LogP) is -0.776. The third-order valence-corrected chi connectivity index (χ3v) is 4.09. The van der Waals surface area contributed by atoms with Gasteiger partial charge >= 0.3 is 0 Å². The molecule has 0 spiro atoms. The zero-order valence-corrected chi connectivity index (χ0v) is 16.1. The van der Waals surface area contributed by atoms with Gasteiger partial charge in [-0.25, -0.2) is 5.48 Å². The van der Waals surface area contributed by atoms with Crippen molar-refractivity contribution in [1.82, 2.24) is 16.1 Å². The van der Waals surface area contributed by atoms with Crippen LogP contribution in [0.4, 0.5) is 0 Å². The molecule has 1 unspecified atom stereocenters. The third-order valence-electron chi connectivity index (χ3n) is 4.09. The highest BCUT2D eigenvalue weighted by molar-refractivity contribution is 5.97. The minimum absolute atomic E-state index is 0.0460. The molecule has 0 aliphatic carbocycles. The molecule has 0 aliphatic rings. The second-order valence-electron chi connectivity index (χ2n) is 6.24. The van der Waals surface area contributed by atoms with Crippen LogP contribution in [0.25, 0.3) is 0 Å². The van der Waals surface area contributed by atoms with Crippen molar-refractivity contribution in [2.45, 2.75) is 12.6 Å². The molecule has 0 aromatic heterocycles. The lowest BCUT2D eigenvalue weighted by atomic mass is 10.1. The summed E-state index contributed by atoms with van der Waals surface area (Å²) in [7, 11) is 0. The van der Waals surface area contributed by atoms with Gasteiger partial charge in [0.15, 0.2) is 0 Å². The molecule has 1 atom stereocenters. The van der Waals surface area contributed by atoms with Gasteiger partial charge in [0.05, 0.1) is 6.54 Å². The molecule has 0 aliphatic heterocycles. The number of hydrogen-bond donors (Lipinski definition) is 6. The Balaban J connectivity index is 1.98. The maximum Gasteiger partial charge on any atom is 0.267 e. The van der Waals surface area contributed by atoms with Crippen molar-refractivity contribution < 1.29 is 19.6 Å². The normalized spacial score (nSPS) is 10.9. The van der Waals surface area contributed by atoms with E-state index in [0.29, 0.717) is 17.7 Å². The Hall–Kier alpha value is -3.71. The number of nitrogens with one attached hydrogen (secondary N) is 3. The molecule has 0 saturated carbocycles. The number of amides is 3. The predicted molar refractivity (Wildman–Crippen MR) is 110 cm³/mol. The summed E-state index contributed by atoms with van der Waals surface area (Å²) in [5, 5.41) is 13.8. The van der Waals surface area contributed by atoms with Crippen molar-refractivity contribution in [2.75, 3.05) is 13.1 Å². The minimum atomic E-state index is -1.03. The van der Waals surface area contributed by atoms with E-state index in [1.165, 1.54) is 5.48 Å². The molecule has 2 aromatic rings. The Morgan fingerprint density at radius 3 is 2.00 bits per heavy atom. The molecular weight excluding hydrogens is 386 g/mol. The summed E-state index contributed by atoms with van der Waals surface area (Å²) in [6, 6.07) is 12.9.